The maximum absolute atomic E-state index is 13.0. The van der Waals surface area contributed by atoms with Crippen molar-refractivity contribution in [2.45, 2.75) is 33.7 Å². The zero-order valence-electron chi connectivity index (χ0n) is 18.6. The summed E-state index contributed by atoms with van der Waals surface area (Å²) in [5.41, 5.74) is 7.76. The predicted octanol–water partition coefficient (Wildman–Crippen LogP) is 2.61. The lowest BCUT2D eigenvalue weighted by molar-refractivity contribution is -0.120. The van der Waals surface area contributed by atoms with Crippen LogP contribution < -0.4 is 26.6 Å². The number of hydrogen-bond donors (Lipinski definition) is 2. The number of nitrogens with one attached hydrogen (secondary N) is 1. The van der Waals surface area contributed by atoms with Crippen LogP contribution >= 0.6 is 0 Å². The Morgan fingerprint density at radius 3 is 2.38 bits per heavy atom. The molecule has 2 aromatic carbocycles. The van der Waals surface area contributed by atoms with E-state index in [9.17, 15) is 14.4 Å². The van der Waals surface area contributed by atoms with Crippen LogP contribution in [0.15, 0.2) is 58.1 Å². The summed E-state index contributed by atoms with van der Waals surface area (Å²) >= 11 is 0. The van der Waals surface area contributed by atoms with E-state index in [-0.39, 0.29) is 31.2 Å². The summed E-state index contributed by atoms with van der Waals surface area (Å²) in [7, 11) is 0. The second-order valence-corrected chi connectivity index (χ2v) is 7.72. The molecule has 1 amide bonds. The van der Waals surface area contributed by atoms with Crippen LogP contribution in [0, 0.1) is 13.8 Å². The molecule has 3 N–H and O–H groups in total. The lowest BCUT2D eigenvalue weighted by atomic mass is 10.1. The standard InChI is InChI=1S/C24H28N4O4/c1-4-10-27(20(29)15-32-19-12-16(2)11-17(3)13-19)21-22(25)28(24(31)26-23(21)30)14-18-8-6-5-7-9-18/h5-9,11-13H,4,10,14-15,25H2,1-3H3,(H,26,30,31). The molecule has 8 nitrogen and oxygen atoms in total. The van der Waals surface area contributed by atoms with E-state index in [4.69, 9.17) is 10.5 Å². The number of amides is 1. The Labute approximate surface area is 186 Å². The van der Waals surface area contributed by atoms with Crippen LogP contribution in [-0.2, 0) is 11.3 Å². The van der Waals surface area contributed by atoms with Gasteiger partial charge in [0.25, 0.3) is 11.5 Å². The molecule has 0 atom stereocenters. The molecule has 0 bridgehead atoms. The zero-order valence-corrected chi connectivity index (χ0v) is 18.6. The van der Waals surface area contributed by atoms with E-state index in [0.717, 1.165) is 16.7 Å². The molecular formula is C24H28N4O4. The summed E-state index contributed by atoms with van der Waals surface area (Å²) in [5, 5.41) is 0. The number of ether oxygens (including phenoxy) is 1. The molecule has 0 unspecified atom stereocenters. The molecule has 1 aromatic heterocycles. The van der Waals surface area contributed by atoms with Gasteiger partial charge in [0.05, 0.1) is 6.54 Å². The van der Waals surface area contributed by atoms with E-state index in [1.807, 2.05) is 69.3 Å². The minimum absolute atomic E-state index is 0.0450. The molecule has 0 aliphatic heterocycles. The highest BCUT2D eigenvalue weighted by Crippen LogP contribution is 2.20. The number of aromatic amines is 1. The molecule has 0 saturated carbocycles. The Hall–Kier alpha value is -3.81. The van der Waals surface area contributed by atoms with E-state index in [1.54, 1.807) is 0 Å². The van der Waals surface area contributed by atoms with Crippen LogP contribution in [0.5, 0.6) is 5.75 Å². The molecule has 32 heavy (non-hydrogen) atoms. The van der Waals surface area contributed by atoms with Gasteiger partial charge in [-0.1, -0.05) is 43.3 Å². The number of hydrogen-bond acceptors (Lipinski definition) is 5. The minimum atomic E-state index is -0.704. The molecule has 3 aromatic rings. The summed E-state index contributed by atoms with van der Waals surface area (Å²) in [6.45, 7) is 5.94. The first-order chi connectivity index (χ1) is 15.3. The van der Waals surface area contributed by atoms with Crippen LogP contribution in [0.4, 0.5) is 11.5 Å². The van der Waals surface area contributed by atoms with Gasteiger partial charge in [0.2, 0.25) is 0 Å². The van der Waals surface area contributed by atoms with Crippen molar-refractivity contribution in [3.63, 3.8) is 0 Å². The van der Waals surface area contributed by atoms with Crippen LogP contribution in [0.2, 0.25) is 0 Å². The maximum Gasteiger partial charge on any atom is 0.330 e. The Morgan fingerprint density at radius 2 is 1.75 bits per heavy atom. The number of anilines is 2. The zero-order chi connectivity index (χ0) is 23.3. The van der Waals surface area contributed by atoms with Crippen LogP contribution in [-0.4, -0.2) is 28.6 Å². The number of nitrogen functional groups attached to an aromatic ring is 1. The number of carbonyl (C=O) groups excluding carboxylic acids is 1. The second-order valence-electron chi connectivity index (χ2n) is 7.72. The number of carbonyl (C=O) groups is 1. The second kappa shape index (κ2) is 10.00. The first-order valence-electron chi connectivity index (χ1n) is 10.5. The van der Waals surface area contributed by atoms with Crippen molar-refractivity contribution in [2.75, 3.05) is 23.8 Å². The molecule has 3 rings (SSSR count). The van der Waals surface area contributed by atoms with Crippen molar-refractivity contribution in [1.82, 2.24) is 9.55 Å². The number of benzene rings is 2. The third-order valence-electron chi connectivity index (χ3n) is 4.97. The van der Waals surface area contributed by atoms with Gasteiger partial charge in [-0.3, -0.25) is 19.1 Å². The largest absolute Gasteiger partial charge is 0.484 e. The first-order valence-corrected chi connectivity index (χ1v) is 10.5. The fourth-order valence-corrected chi connectivity index (χ4v) is 3.59. The quantitative estimate of drug-likeness (QED) is 0.564. The number of rotatable bonds is 8. The topological polar surface area (TPSA) is 110 Å². The van der Waals surface area contributed by atoms with Crippen LogP contribution in [0.25, 0.3) is 0 Å². The highest BCUT2D eigenvalue weighted by Gasteiger charge is 2.24. The van der Waals surface area contributed by atoms with E-state index in [0.29, 0.717) is 12.2 Å². The number of nitrogens with zero attached hydrogens (tertiary/aromatic N) is 2. The van der Waals surface area contributed by atoms with Crippen LogP contribution in [0.1, 0.15) is 30.0 Å². The minimum Gasteiger partial charge on any atom is -0.484 e. The average Bonchev–Trinajstić information content (AvgIpc) is 2.74. The summed E-state index contributed by atoms with van der Waals surface area (Å²) in [6.07, 6.45) is 0.589. The van der Waals surface area contributed by atoms with Gasteiger partial charge in [0.1, 0.15) is 11.6 Å². The molecule has 168 valence electrons. The lowest BCUT2D eigenvalue weighted by Gasteiger charge is -2.24. The molecule has 1 heterocycles. The normalized spacial score (nSPS) is 10.7. The lowest BCUT2D eigenvalue weighted by Crippen LogP contribution is -2.43. The summed E-state index contributed by atoms with van der Waals surface area (Å²) < 4.78 is 6.95. The van der Waals surface area contributed by atoms with E-state index >= 15 is 0 Å². The first kappa shape index (κ1) is 22.9. The van der Waals surface area contributed by atoms with Gasteiger partial charge in [-0.15, -0.1) is 0 Å². The molecule has 0 saturated heterocycles. The average molecular weight is 437 g/mol. The van der Waals surface area contributed by atoms with Crippen molar-refractivity contribution in [3.05, 3.63) is 86.1 Å². The number of aryl methyl sites for hydroxylation is 2. The SMILES string of the molecule is CCCN(C(=O)COc1cc(C)cc(C)c1)c1c(N)n(Cc2ccccc2)c(=O)[nH]c1=O. The van der Waals surface area contributed by atoms with Gasteiger partial charge in [-0.05, 0) is 49.1 Å². The molecule has 0 radical (unpaired) electrons. The summed E-state index contributed by atoms with van der Waals surface area (Å²) in [5.74, 6) is 0.0900. The molecule has 8 heteroatoms. The Morgan fingerprint density at radius 1 is 1.09 bits per heavy atom. The van der Waals surface area contributed by atoms with Gasteiger partial charge >= 0.3 is 5.69 Å². The third kappa shape index (κ3) is 5.26. The van der Waals surface area contributed by atoms with Gasteiger partial charge in [0, 0.05) is 6.54 Å². The van der Waals surface area contributed by atoms with Crippen molar-refractivity contribution < 1.29 is 9.53 Å². The highest BCUT2D eigenvalue weighted by molar-refractivity contribution is 5.96. The monoisotopic (exact) mass is 436 g/mol. The smallest absolute Gasteiger partial charge is 0.330 e. The van der Waals surface area contributed by atoms with Crippen molar-refractivity contribution in [2.24, 2.45) is 0 Å². The van der Waals surface area contributed by atoms with E-state index in [1.165, 1.54) is 9.47 Å². The van der Waals surface area contributed by atoms with Gasteiger partial charge < -0.3 is 15.4 Å². The number of nitrogens with two attached hydrogens (primary N) is 1. The third-order valence-corrected chi connectivity index (χ3v) is 4.97. The Bertz CT molecular complexity index is 1190. The summed E-state index contributed by atoms with van der Waals surface area (Å²) in [6, 6.07) is 14.9. The Balaban J connectivity index is 1.92. The fraction of sp³-hybridized carbons (Fsp3) is 0.292. The number of H-pyrrole nitrogens is 1. The van der Waals surface area contributed by atoms with Crippen LogP contribution in [0.3, 0.4) is 0 Å². The van der Waals surface area contributed by atoms with Gasteiger partial charge in [-0.2, -0.15) is 0 Å². The molecule has 0 fully saturated rings. The van der Waals surface area contributed by atoms with Crippen molar-refractivity contribution >= 4 is 17.4 Å². The Kier molecular flexibility index (Phi) is 7.14. The molecule has 0 spiro atoms. The maximum atomic E-state index is 13.0. The van der Waals surface area contributed by atoms with E-state index in [2.05, 4.69) is 4.98 Å². The summed E-state index contributed by atoms with van der Waals surface area (Å²) in [4.78, 5) is 41.7. The van der Waals surface area contributed by atoms with Gasteiger partial charge in [-0.25, -0.2) is 4.79 Å². The highest BCUT2D eigenvalue weighted by atomic mass is 16.5. The molecule has 0 aliphatic rings. The van der Waals surface area contributed by atoms with Crippen molar-refractivity contribution in [3.8, 4) is 5.75 Å². The number of aromatic nitrogens is 2. The predicted molar refractivity (Wildman–Crippen MR) is 125 cm³/mol. The molecular weight excluding hydrogens is 408 g/mol. The fourth-order valence-electron chi connectivity index (χ4n) is 3.59. The molecule has 0 aliphatic carbocycles. The van der Waals surface area contributed by atoms with Gasteiger partial charge in [0.15, 0.2) is 12.3 Å². The van der Waals surface area contributed by atoms with E-state index < -0.39 is 17.2 Å². The van der Waals surface area contributed by atoms with Crippen molar-refractivity contribution in [1.29, 1.82) is 0 Å².